The van der Waals surface area contributed by atoms with Crippen molar-refractivity contribution >= 4 is 17.7 Å². The predicted molar refractivity (Wildman–Crippen MR) is 85.6 cm³/mol. The van der Waals surface area contributed by atoms with Crippen molar-refractivity contribution < 1.29 is 9.53 Å². The molecule has 0 aliphatic carbocycles. The van der Waals surface area contributed by atoms with Gasteiger partial charge in [-0.25, -0.2) is 0 Å². The van der Waals surface area contributed by atoms with Crippen molar-refractivity contribution in [2.45, 2.75) is 18.3 Å². The van der Waals surface area contributed by atoms with Gasteiger partial charge in [0.05, 0.1) is 24.6 Å². The van der Waals surface area contributed by atoms with Crippen molar-refractivity contribution in [3.05, 3.63) is 59.4 Å². The average Bonchev–Trinajstić information content (AvgIpc) is 3.15. The van der Waals surface area contributed by atoms with E-state index in [-0.39, 0.29) is 11.3 Å². The number of pyridine rings is 1. The summed E-state index contributed by atoms with van der Waals surface area (Å²) in [6, 6.07) is 12.1. The highest BCUT2D eigenvalue weighted by molar-refractivity contribution is 8.00. The molecule has 2 aromatic rings. The molecule has 1 aromatic carbocycles. The Morgan fingerprint density at radius 3 is 3.14 bits per heavy atom. The van der Waals surface area contributed by atoms with Crippen LogP contribution in [0.1, 0.15) is 22.2 Å². The van der Waals surface area contributed by atoms with Crippen LogP contribution < -0.4 is 4.74 Å². The predicted octanol–water partition coefficient (Wildman–Crippen LogP) is 2.79. The van der Waals surface area contributed by atoms with E-state index in [0.29, 0.717) is 12.3 Å². The van der Waals surface area contributed by atoms with E-state index in [1.165, 1.54) is 11.1 Å². The topological polar surface area (TPSA) is 42.4 Å². The molecule has 1 saturated heterocycles. The van der Waals surface area contributed by atoms with Gasteiger partial charge in [0, 0.05) is 12.6 Å². The first kappa shape index (κ1) is 13.6. The van der Waals surface area contributed by atoms with Crippen molar-refractivity contribution in [2.75, 3.05) is 12.4 Å². The number of rotatable bonds is 3. The summed E-state index contributed by atoms with van der Waals surface area (Å²) in [5.41, 5.74) is 3.35. The number of amides is 1. The lowest BCUT2D eigenvalue weighted by atomic mass is 10.1. The van der Waals surface area contributed by atoms with Crippen molar-refractivity contribution in [2.24, 2.45) is 0 Å². The largest absolute Gasteiger partial charge is 0.493 e. The molecule has 2 aliphatic heterocycles. The molecule has 112 valence electrons. The van der Waals surface area contributed by atoms with E-state index in [1.807, 2.05) is 29.2 Å². The molecule has 1 amide bonds. The first-order chi connectivity index (χ1) is 10.8. The van der Waals surface area contributed by atoms with Gasteiger partial charge in [0.2, 0.25) is 5.91 Å². The number of benzene rings is 1. The van der Waals surface area contributed by atoms with E-state index >= 15 is 0 Å². The lowest BCUT2D eigenvalue weighted by molar-refractivity contribution is -0.128. The van der Waals surface area contributed by atoms with Crippen LogP contribution in [0.4, 0.5) is 0 Å². The molecule has 5 heteroatoms. The van der Waals surface area contributed by atoms with E-state index in [4.69, 9.17) is 4.74 Å². The van der Waals surface area contributed by atoms with E-state index in [0.717, 1.165) is 24.5 Å². The van der Waals surface area contributed by atoms with Gasteiger partial charge >= 0.3 is 0 Å². The monoisotopic (exact) mass is 312 g/mol. The maximum atomic E-state index is 12.2. The van der Waals surface area contributed by atoms with E-state index in [2.05, 4.69) is 17.1 Å². The second-order valence-electron chi connectivity index (χ2n) is 5.47. The molecular weight excluding hydrogens is 296 g/mol. The molecule has 0 saturated carbocycles. The smallest absolute Gasteiger partial charge is 0.234 e. The van der Waals surface area contributed by atoms with Crippen LogP contribution in [0, 0.1) is 0 Å². The van der Waals surface area contributed by atoms with Gasteiger partial charge in [-0.05, 0) is 35.4 Å². The van der Waals surface area contributed by atoms with Gasteiger partial charge in [-0.2, -0.15) is 0 Å². The minimum Gasteiger partial charge on any atom is -0.493 e. The number of carbonyl (C=O) groups excluding carboxylic acids is 1. The molecule has 22 heavy (non-hydrogen) atoms. The summed E-state index contributed by atoms with van der Waals surface area (Å²) >= 11 is 1.68. The van der Waals surface area contributed by atoms with Crippen LogP contribution in [0.5, 0.6) is 5.75 Å². The lowest BCUT2D eigenvalue weighted by Crippen LogP contribution is -2.28. The van der Waals surface area contributed by atoms with Gasteiger partial charge in [0.25, 0.3) is 0 Å². The molecule has 1 aromatic heterocycles. The zero-order chi connectivity index (χ0) is 14.9. The summed E-state index contributed by atoms with van der Waals surface area (Å²) in [4.78, 5) is 18.5. The number of hydrogen-bond acceptors (Lipinski definition) is 4. The van der Waals surface area contributed by atoms with Crippen molar-refractivity contribution in [1.82, 2.24) is 9.88 Å². The second-order valence-corrected chi connectivity index (χ2v) is 6.54. The zero-order valence-corrected chi connectivity index (χ0v) is 12.9. The number of nitrogens with zero attached hydrogens (tertiary/aromatic N) is 2. The van der Waals surface area contributed by atoms with Gasteiger partial charge in [0.1, 0.15) is 11.1 Å². The van der Waals surface area contributed by atoms with Gasteiger partial charge in [0.15, 0.2) is 0 Å². The Hall–Kier alpha value is -2.01. The maximum absolute atomic E-state index is 12.2. The molecule has 0 bridgehead atoms. The molecule has 4 rings (SSSR count). The van der Waals surface area contributed by atoms with Gasteiger partial charge < -0.3 is 9.64 Å². The average molecular weight is 312 g/mol. The fourth-order valence-electron chi connectivity index (χ4n) is 2.93. The van der Waals surface area contributed by atoms with E-state index in [9.17, 15) is 4.79 Å². The zero-order valence-electron chi connectivity index (χ0n) is 12.1. The van der Waals surface area contributed by atoms with Crippen molar-refractivity contribution in [1.29, 1.82) is 0 Å². The number of aromatic nitrogens is 1. The fraction of sp³-hybridized carbons (Fsp3) is 0.294. The molecule has 0 N–H and O–H groups in total. The fourth-order valence-corrected chi connectivity index (χ4v) is 4.10. The SMILES string of the molecule is O=C1CSC(c2ccc3c(c2)CCO3)N1Cc1ccccn1. The van der Waals surface area contributed by atoms with Gasteiger partial charge in [-0.3, -0.25) is 9.78 Å². The van der Waals surface area contributed by atoms with Crippen LogP contribution in [0.15, 0.2) is 42.6 Å². The molecule has 3 heterocycles. The number of carbonyl (C=O) groups is 1. The van der Waals surface area contributed by atoms with Crippen LogP contribution in [0.2, 0.25) is 0 Å². The third-order valence-corrected chi connectivity index (χ3v) is 5.28. The standard InChI is InChI=1S/C17H16N2O2S/c20-16-11-22-17(19(16)10-14-3-1-2-7-18-14)13-4-5-15-12(9-13)6-8-21-15/h1-5,7,9,17H,6,8,10-11H2. The van der Waals surface area contributed by atoms with E-state index in [1.54, 1.807) is 18.0 Å². The quantitative estimate of drug-likeness (QED) is 0.874. The van der Waals surface area contributed by atoms with Crippen LogP contribution in [0.3, 0.4) is 0 Å². The second kappa shape index (κ2) is 5.65. The Morgan fingerprint density at radius 2 is 2.27 bits per heavy atom. The molecule has 0 radical (unpaired) electrons. The van der Waals surface area contributed by atoms with Crippen molar-refractivity contribution in [3.63, 3.8) is 0 Å². The van der Waals surface area contributed by atoms with Gasteiger partial charge in [-0.15, -0.1) is 11.8 Å². The molecule has 1 atom stereocenters. The Balaban J connectivity index is 1.61. The third-order valence-electron chi connectivity index (χ3n) is 4.03. The summed E-state index contributed by atoms with van der Waals surface area (Å²) in [5, 5.41) is 0.0698. The molecule has 2 aliphatic rings. The van der Waals surface area contributed by atoms with Crippen LogP contribution in [0.25, 0.3) is 0 Å². The van der Waals surface area contributed by atoms with Crippen LogP contribution >= 0.6 is 11.8 Å². The summed E-state index contributed by atoms with van der Waals surface area (Å²) < 4.78 is 5.56. The molecular formula is C17H16N2O2S. The first-order valence-electron chi connectivity index (χ1n) is 7.38. The summed E-state index contributed by atoms with van der Waals surface area (Å²) in [5.74, 6) is 1.69. The van der Waals surface area contributed by atoms with Crippen molar-refractivity contribution in [3.8, 4) is 5.75 Å². The summed E-state index contributed by atoms with van der Waals surface area (Å²) in [7, 11) is 0. The summed E-state index contributed by atoms with van der Waals surface area (Å²) in [6.07, 6.45) is 2.72. The third kappa shape index (κ3) is 2.46. The molecule has 1 unspecified atom stereocenters. The minimum atomic E-state index is 0.0698. The van der Waals surface area contributed by atoms with E-state index < -0.39 is 0 Å². The van der Waals surface area contributed by atoms with Crippen LogP contribution in [-0.2, 0) is 17.8 Å². The number of ether oxygens (including phenoxy) is 1. The molecule has 4 nitrogen and oxygen atoms in total. The van der Waals surface area contributed by atoms with Crippen LogP contribution in [-0.4, -0.2) is 28.2 Å². The molecule has 1 fully saturated rings. The highest BCUT2D eigenvalue weighted by atomic mass is 32.2. The Bertz CT molecular complexity index is 705. The Labute approximate surface area is 133 Å². The number of hydrogen-bond donors (Lipinski definition) is 0. The Kier molecular flexibility index (Phi) is 3.50. The first-order valence-corrected chi connectivity index (χ1v) is 8.43. The molecule has 0 spiro atoms. The minimum absolute atomic E-state index is 0.0698. The van der Waals surface area contributed by atoms with Gasteiger partial charge in [-0.1, -0.05) is 12.1 Å². The number of thioether (sulfide) groups is 1. The maximum Gasteiger partial charge on any atom is 0.234 e. The Morgan fingerprint density at radius 1 is 1.32 bits per heavy atom. The summed E-state index contributed by atoms with van der Waals surface area (Å²) in [6.45, 7) is 1.32. The highest BCUT2D eigenvalue weighted by Crippen LogP contribution is 2.41. The normalized spacial score (nSPS) is 20.1. The number of fused-ring (bicyclic) bond motifs is 1. The lowest BCUT2D eigenvalue weighted by Gasteiger charge is -2.24. The highest BCUT2D eigenvalue weighted by Gasteiger charge is 2.33.